The lowest BCUT2D eigenvalue weighted by Gasteiger charge is -2.09. The molecule has 4 rings (SSSR count). The lowest BCUT2D eigenvalue weighted by Crippen LogP contribution is -2.32. The third-order valence-electron chi connectivity index (χ3n) is 5.82. The minimum atomic E-state index is -0.712. The number of amides is 2. The molecule has 0 bridgehead atoms. The molecule has 0 radical (unpaired) electrons. The number of benzene rings is 1. The summed E-state index contributed by atoms with van der Waals surface area (Å²) in [4.78, 5) is 38.5. The van der Waals surface area contributed by atoms with Crippen molar-refractivity contribution in [2.45, 2.75) is 45.6 Å². The molecule has 2 heterocycles. The topological polar surface area (TPSA) is 104 Å². The van der Waals surface area contributed by atoms with Crippen molar-refractivity contribution < 1.29 is 18.8 Å². The zero-order valence-corrected chi connectivity index (χ0v) is 18.3. The highest BCUT2D eigenvalue weighted by Crippen LogP contribution is 2.30. The number of Topliss-reactive ketones (excluding diaryl/α,β-unsaturated/α-hetero) is 1. The van der Waals surface area contributed by atoms with Crippen LogP contribution in [-0.4, -0.2) is 28.7 Å². The van der Waals surface area contributed by atoms with Gasteiger partial charge >= 0.3 is 0 Å². The third kappa shape index (κ3) is 4.65. The van der Waals surface area contributed by atoms with Gasteiger partial charge in [-0.15, -0.1) is 5.92 Å². The molecule has 0 unspecified atom stereocenters. The number of carbonyl (C=O) groups is 3. The zero-order valence-electron chi connectivity index (χ0n) is 18.3. The highest BCUT2D eigenvalue weighted by molar-refractivity contribution is 6.43. The van der Waals surface area contributed by atoms with Gasteiger partial charge in [-0.3, -0.25) is 14.4 Å². The van der Waals surface area contributed by atoms with E-state index in [1.165, 1.54) is 12.1 Å². The number of nitrogens with one attached hydrogen (secondary N) is 2. The number of rotatable bonds is 6. The Morgan fingerprint density at radius 1 is 1.27 bits per heavy atom. The summed E-state index contributed by atoms with van der Waals surface area (Å²) in [5.74, 6) is 4.07. The largest absolute Gasteiger partial charge is 0.348 e. The number of fused-ring (bicyclic) bond motifs is 1. The first-order chi connectivity index (χ1) is 15.9. The second-order valence-corrected chi connectivity index (χ2v) is 8.24. The molecule has 1 aliphatic carbocycles. The minimum Gasteiger partial charge on any atom is -0.348 e. The number of carbonyl (C=O) groups excluding carboxylic acids is 3. The molecule has 1 fully saturated rings. The maximum absolute atomic E-state index is 13.6. The summed E-state index contributed by atoms with van der Waals surface area (Å²) in [5.41, 5.74) is 1.73. The molecular formula is C25H23FN4O3. The molecule has 1 saturated carbocycles. The Bertz CT molecular complexity index is 1260. The Morgan fingerprint density at radius 3 is 2.79 bits per heavy atom. The van der Waals surface area contributed by atoms with Crippen LogP contribution in [0.5, 0.6) is 0 Å². The number of aromatic nitrogens is 1. The van der Waals surface area contributed by atoms with E-state index in [1.54, 1.807) is 17.6 Å². The fourth-order valence-electron chi connectivity index (χ4n) is 4.07. The lowest BCUT2D eigenvalue weighted by atomic mass is 10.0. The van der Waals surface area contributed by atoms with E-state index in [2.05, 4.69) is 22.5 Å². The molecule has 0 spiro atoms. The molecule has 2 aromatic rings. The first kappa shape index (κ1) is 22.3. The van der Waals surface area contributed by atoms with Crippen LogP contribution in [-0.2, 0) is 17.8 Å². The molecule has 0 atom stereocenters. The average molecular weight is 446 g/mol. The molecule has 7 nitrogen and oxygen atoms in total. The van der Waals surface area contributed by atoms with Gasteiger partial charge in [-0.05, 0) is 56.4 Å². The smallest absolute Gasteiger partial charge is 0.292 e. The predicted molar refractivity (Wildman–Crippen MR) is 119 cm³/mol. The van der Waals surface area contributed by atoms with Crippen LogP contribution >= 0.6 is 0 Å². The number of hydrogen-bond acceptors (Lipinski definition) is 4. The summed E-state index contributed by atoms with van der Waals surface area (Å²) in [6.45, 7) is 2.49. The van der Waals surface area contributed by atoms with Gasteiger partial charge in [0.25, 0.3) is 17.6 Å². The van der Waals surface area contributed by atoms with Gasteiger partial charge in [0.05, 0.1) is 11.1 Å². The highest BCUT2D eigenvalue weighted by atomic mass is 19.1. The van der Waals surface area contributed by atoms with Gasteiger partial charge in [-0.25, -0.2) is 4.39 Å². The number of ketones is 1. The minimum absolute atomic E-state index is 0.181. The molecule has 33 heavy (non-hydrogen) atoms. The van der Waals surface area contributed by atoms with E-state index in [4.69, 9.17) is 5.26 Å². The number of nitrogens with zero attached hydrogens (tertiary/aromatic N) is 2. The van der Waals surface area contributed by atoms with Crippen LogP contribution in [0.25, 0.3) is 0 Å². The van der Waals surface area contributed by atoms with Gasteiger partial charge < -0.3 is 15.2 Å². The lowest BCUT2D eigenvalue weighted by molar-refractivity contribution is -0.116. The number of nitriles is 1. The molecule has 2 N–H and O–H groups in total. The van der Waals surface area contributed by atoms with E-state index in [-0.39, 0.29) is 22.5 Å². The van der Waals surface area contributed by atoms with Crippen molar-refractivity contribution >= 4 is 23.3 Å². The maximum atomic E-state index is 13.6. The summed E-state index contributed by atoms with van der Waals surface area (Å²) in [6, 6.07) is 5.46. The zero-order chi connectivity index (χ0) is 23.5. The molecule has 1 aliphatic heterocycles. The van der Waals surface area contributed by atoms with Gasteiger partial charge in [0.2, 0.25) is 0 Å². The Morgan fingerprint density at radius 2 is 2.06 bits per heavy atom. The van der Waals surface area contributed by atoms with E-state index in [0.717, 1.165) is 25.3 Å². The molecular weight excluding hydrogens is 423 g/mol. The van der Waals surface area contributed by atoms with Crippen molar-refractivity contribution in [3.63, 3.8) is 0 Å². The Kier molecular flexibility index (Phi) is 6.28. The van der Waals surface area contributed by atoms with E-state index < -0.39 is 23.4 Å². The van der Waals surface area contributed by atoms with Crippen molar-refractivity contribution in [2.24, 2.45) is 5.92 Å². The average Bonchev–Trinajstić information content (AvgIpc) is 3.43. The van der Waals surface area contributed by atoms with E-state index >= 15 is 0 Å². The Labute approximate surface area is 191 Å². The van der Waals surface area contributed by atoms with Crippen LogP contribution < -0.4 is 10.6 Å². The molecule has 2 aliphatic rings. The second kappa shape index (κ2) is 9.30. The number of anilines is 1. The first-order valence-corrected chi connectivity index (χ1v) is 10.9. The van der Waals surface area contributed by atoms with Gasteiger partial charge in [-0.2, -0.15) is 5.26 Å². The van der Waals surface area contributed by atoms with Crippen LogP contribution in [0.3, 0.4) is 0 Å². The molecule has 0 saturated heterocycles. The van der Waals surface area contributed by atoms with E-state index in [0.29, 0.717) is 43.1 Å². The summed E-state index contributed by atoms with van der Waals surface area (Å²) >= 11 is 0. The molecule has 1 aromatic carbocycles. The third-order valence-corrected chi connectivity index (χ3v) is 5.82. The Balaban J connectivity index is 1.52. The van der Waals surface area contributed by atoms with Crippen molar-refractivity contribution in [2.75, 3.05) is 11.9 Å². The fraction of sp³-hybridized carbons (Fsp3) is 0.360. The quantitative estimate of drug-likeness (QED) is 0.308. The fourth-order valence-corrected chi connectivity index (χ4v) is 4.07. The molecule has 1 aromatic heterocycles. The van der Waals surface area contributed by atoms with Crippen LogP contribution in [0.15, 0.2) is 18.2 Å². The summed E-state index contributed by atoms with van der Waals surface area (Å²) in [6.07, 6.45) is 4.09. The number of halogens is 1. The van der Waals surface area contributed by atoms with Gasteiger partial charge in [0, 0.05) is 36.8 Å². The van der Waals surface area contributed by atoms with Crippen molar-refractivity contribution in [3.05, 3.63) is 52.1 Å². The standard InChI is InChI=1S/C25H23FN4O3/c1-15-21(23(31)25(33)28-11-3-2-5-16-7-8-16)20-6-4-12-30(20)22(15)24(32)29-18-9-10-19(26)17(13-18)14-27/h9-10,13,16H,3-4,6-8,11-12H2,1H3,(H,28,33)(H,29,32). The predicted octanol–water partition coefficient (Wildman–Crippen LogP) is 3.11. The molecule has 2 amide bonds. The SMILES string of the molecule is Cc1c(C(=O)C(=O)NCCC#CC2CC2)c2n(c1C(=O)Nc1ccc(F)c(C#N)c1)CCC2. The van der Waals surface area contributed by atoms with E-state index in [1.807, 2.05) is 0 Å². The number of hydrogen-bond donors (Lipinski definition) is 2. The Hall–Kier alpha value is -3.91. The van der Waals surface area contributed by atoms with Gasteiger partial charge in [0.1, 0.15) is 17.6 Å². The highest BCUT2D eigenvalue weighted by Gasteiger charge is 2.33. The summed E-state index contributed by atoms with van der Waals surface area (Å²) in [7, 11) is 0. The van der Waals surface area contributed by atoms with Crippen LogP contribution in [0, 0.1) is 41.8 Å². The summed E-state index contributed by atoms with van der Waals surface area (Å²) in [5, 5.41) is 14.3. The van der Waals surface area contributed by atoms with Crippen LogP contribution in [0.4, 0.5) is 10.1 Å². The van der Waals surface area contributed by atoms with E-state index in [9.17, 15) is 18.8 Å². The first-order valence-electron chi connectivity index (χ1n) is 10.9. The van der Waals surface area contributed by atoms with Crippen molar-refractivity contribution in [1.82, 2.24) is 9.88 Å². The molecule has 168 valence electrons. The maximum Gasteiger partial charge on any atom is 0.292 e. The van der Waals surface area contributed by atoms with Gasteiger partial charge in [0.15, 0.2) is 0 Å². The van der Waals surface area contributed by atoms with Gasteiger partial charge in [-0.1, -0.05) is 5.92 Å². The molecule has 8 heteroatoms. The normalized spacial score (nSPS) is 14.0. The van der Waals surface area contributed by atoms with Crippen molar-refractivity contribution in [3.8, 4) is 17.9 Å². The monoisotopic (exact) mass is 446 g/mol. The van der Waals surface area contributed by atoms with Crippen LogP contribution in [0.2, 0.25) is 0 Å². The van der Waals surface area contributed by atoms with Crippen LogP contribution in [0.1, 0.15) is 63.4 Å². The van der Waals surface area contributed by atoms with Crippen molar-refractivity contribution in [1.29, 1.82) is 5.26 Å². The second-order valence-electron chi connectivity index (χ2n) is 8.24. The summed E-state index contributed by atoms with van der Waals surface area (Å²) < 4.78 is 15.4.